The van der Waals surface area contributed by atoms with Crippen molar-refractivity contribution < 1.29 is 0 Å². The van der Waals surface area contributed by atoms with Crippen LogP contribution >= 0.6 is 0 Å². The van der Waals surface area contributed by atoms with E-state index < -0.39 is 0 Å². The average molecular weight is 288 g/mol. The fraction of sp³-hybridized carbons (Fsp3) is 0.684. The quantitative estimate of drug-likeness (QED) is 0.803. The summed E-state index contributed by atoms with van der Waals surface area (Å²) in [5, 5.41) is 3.77. The lowest BCUT2D eigenvalue weighted by Crippen LogP contribution is -2.51. The molecule has 0 bridgehead atoms. The van der Waals surface area contributed by atoms with Crippen molar-refractivity contribution >= 4 is 0 Å². The Morgan fingerprint density at radius 3 is 2.38 bits per heavy atom. The Hall–Kier alpha value is -0.860. The summed E-state index contributed by atoms with van der Waals surface area (Å²) < 4.78 is 0. The van der Waals surface area contributed by atoms with E-state index in [0.29, 0.717) is 6.04 Å². The minimum atomic E-state index is 0.135. The molecule has 2 heteroatoms. The summed E-state index contributed by atoms with van der Waals surface area (Å²) >= 11 is 0. The summed E-state index contributed by atoms with van der Waals surface area (Å²) in [7, 11) is 4.42. The lowest BCUT2D eigenvalue weighted by Gasteiger charge is -2.45. The van der Waals surface area contributed by atoms with Gasteiger partial charge in [-0.1, -0.05) is 44.5 Å². The molecule has 1 N–H and O–H groups in total. The van der Waals surface area contributed by atoms with Gasteiger partial charge in [0.25, 0.3) is 0 Å². The van der Waals surface area contributed by atoms with Gasteiger partial charge in [-0.25, -0.2) is 0 Å². The van der Waals surface area contributed by atoms with E-state index in [1.54, 1.807) is 5.56 Å². The largest absolute Gasteiger partial charge is 0.309 e. The van der Waals surface area contributed by atoms with Crippen molar-refractivity contribution in [3.8, 4) is 0 Å². The SMILES string of the molecule is CCNC(c1ccccc1C1CCC1)C(C)(CC)N(C)C. The van der Waals surface area contributed by atoms with Gasteiger partial charge in [-0.05, 0) is 63.9 Å². The van der Waals surface area contributed by atoms with Gasteiger partial charge >= 0.3 is 0 Å². The van der Waals surface area contributed by atoms with E-state index in [1.165, 1.54) is 24.8 Å². The first-order valence-corrected chi connectivity index (χ1v) is 8.54. The van der Waals surface area contributed by atoms with Crippen molar-refractivity contribution in [1.82, 2.24) is 10.2 Å². The topological polar surface area (TPSA) is 15.3 Å². The predicted octanol–water partition coefficient (Wildman–Crippen LogP) is 4.34. The molecule has 0 aliphatic heterocycles. The van der Waals surface area contributed by atoms with Crippen LogP contribution in [0.5, 0.6) is 0 Å². The van der Waals surface area contributed by atoms with Crippen molar-refractivity contribution in [3.05, 3.63) is 35.4 Å². The molecular weight excluding hydrogens is 256 g/mol. The monoisotopic (exact) mass is 288 g/mol. The van der Waals surface area contributed by atoms with Gasteiger partial charge in [0.1, 0.15) is 0 Å². The van der Waals surface area contributed by atoms with Crippen molar-refractivity contribution in [3.63, 3.8) is 0 Å². The molecule has 0 heterocycles. The maximum Gasteiger partial charge on any atom is 0.0506 e. The Labute approximate surface area is 130 Å². The number of nitrogens with zero attached hydrogens (tertiary/aromatic N) is 1. The predicted molar refractivity (Wildman–Crippen MR) is 91.8 cm³/mol. The highest BCUT2D eigenvalue weighted by Crippen LogP contribution is 2.42. The first-order chi connectivity index (χ1) is 10.0. The molecule has 2 nitrogen and oxygen atoms in total. The molecule has 0 spiro atoms. The van der Waals surface area contributed by atoms with Crippen molar-refractivity contribution in [2.45, 2.75) is 64.0 Å². The van der Waals surface area contributed by atoms with E-state index >= 15 is 0 Å². The van der Waals surface area contributed by atoms with E-state index in [-0.39, 0.29) is 5.54 Å². The third-order valence-electron chi connectivity index (χ3n) is 5.62. The number of hydrogen-bond donors (Lipinski definition) is 1. The summed E-state index contributed by atoms with van der Waals surface area (Å²) in [4.78, 5) is 2.39. The Morgan fingerprint density at radius 1 is 1.24 bits per heavy atom. The fourth-order valence-corrected chi connectivity index (χ4v) is 3.51. The van der Waals surface area contributed by atoms with E-state index in [4.69, 9.17) is 0 Å². The van der Waals surface area contributed by atoms with Gasteiger partial charge in [-0.3, -0.25) is 0 Å². The third-order valence-corrected chi connectivity index (χ3v) is 5.62. The van der Waals surface area contributed by atoms with Gasteiger partial charge in [0.05, 0.1) is 6.04 Å². The van der Waals surface area contributed by atoms with Crippen LogP contribution in [0.15, 0.2) is 24.3 Å². The Balaban J connectivity index is 2.42. The highest BCUT2D eigenvalue weighted by molar-refractivity contribution is 5.36. The van der Waals surface area contributed by atoms with Crippen molar-refractivity contribution in [1.29, 1.82) is 0 Å². The second-order valence-electron chi connectivity index (χ2n) is 6.85. The Bertz CT molecular complexity index is 451. The smallest absolute Gasteiger partial charge is 0.0506 e. The molecule has 21 heavy (non-hydrogen) atoms. The molecule has 0 aromatic heterocycles. The van der Waals surface area contributed by atoms with Gasteiger partial charge in [0.2, 0.25) is 0 Å². The molecule has 1 saturated carbocycles. The Kier molecular flexibility index (Phi) is 5.45. The normalized spacial score (nSPS) is 20.1. The third kappa shape index (κ3) is 3.17. The van der Waals surface area contributed by atoms with E-state index in [0.717, 1.165) is 18.9 Å². The summed E-state index contributed by atoms with van der Waals surface area (Å²) in [6, 6.07) is 9.50. The summed E-state index contributed by atoms with van der Waals surface area (Å²) in [5.74, 6) is 0.783. The molecule has 0 saturated heterocycles. The standard InChI is InChI=1S/C19H32N2/c1-6-19(3,21(4)5)18(20-7-2)17-14-9-8-13-16(17)15-11-10-12-15/h8-9,13-15,18,20H,6-7,10-12H2,1-5H3. The minimum absolute atomic E-state index is 0.135. The van der Waals surface area contributed by atoms with E-state index in [9.17, 15) is 0 Å². The molecule has 2 unspecified atom stereocenters. The van der Waals surface area contributed by atoms with Gasteiger partial charge in [-0.15, -0.1) is 0 Å². The number of likely N-dealkylation sites (N-methyl/N-ethyl adjacent to an activating group) is 2. The second kappa shape index (κ2) is 6.93. The highest BCUT2D eigenvalue weighted by atomic mass is 15.2. The van der Waals surface area contributed by atoms with Crippen LogP contribution < -0.4 is 5.32 Å². The maximum absolute atomic E-state index is 3.77. The van der Waals surface area contributed by atoms with Crippen LogP contribution in [0.25, 0.3) is 0 Å². The number of benzene rings is 1. The second-order valence-corrected chi connectivity index (χ2v) is 6.85. The van der Waals surface area contributed by atoms with Crippen LogP contribution in [0.4, 0.5) is 0 Å². The van der Waals surface area contributed by atoms with Crippen molar-refractivity contribution in [2.24, 2.45) is 0 Å². The molecule has 2 rings (SSSR count). The van der Waals surface area contributed by atoms with Crippen LogP contribution in [0, 0.1) is 0 Å². The zero-order chi connectivity index (χ0) is 15.5. The zero-order valence-electron chi connectivity index (χ0n) is 14.4. The molecule has 1 fully saturated rings. The molecule has 1 aliphatic carbocycles. The first-order valence-electron chi connectivity index (χ1n) is 8.54. The van der Waals surface area contributed by atoms with E-state index in [2.05, 4.69) is 69.3 Å². The lowest BCUT2D eigenvalue weighted by molar-refractivity contribution is 0.113. The lowest BCUT2D eigenvalue weighted by atomic mass is 9.74. The molecule has 0 amide bonds. The zero-order valence-corrected chi connectivity index (χ0v) is 14.4. The Morgan fingerprint density at radius 2 is 1.90 bits per heavy atom. The molecule has 118 valence electrons. The first kappa shape index (κ1) is 16.5. The number of nitrogens with one attached hydrogen (secondary N) is 1. The molecular formula is C19H32N2. The summed E-state index contributed by atoms with van der Waals surface area (Å²) in [5.41, 5.74) is 3.23. The fourth-order valence-electron chi connectivity index (χ4n) is 3.51. The highest BCUT2D eigenvalue weighted by Gasteiger charge is 2.37. The van der Waals surface area contributed by atoms with Crippen LogP contribution in [-0.2, 0) is 0 Å². The maximum atomic E-state index is 3.77. The number of hydrogen-bond acceptors (Lipinski definition) is 2. The molecule has 1 aromatic rings. The molecule has 1 aliphatic rings. The van der Waals surface area contributed by atoms with Gasteiger partial charge in [0.15, 0.2) is 0 Å². The molecule has 0 radical (unpaired) electrons. The van der Waals surface area contributed by atoms with Crippen LogP contribution in [-0.4, -0.2) is 31.1 Å². The molecule has 1 aromatic carbocycles. The summed E-state index contributed by atoms with van der Waals surface area (Å²) in [6.45, 7) is 7.91. The van der Waals surface area contributed by atoms with Crippen molar-refractivity contribution in [2.75, 3.05) is 20.6 Å². The summed E-state index contributed by atoms with van der Waals surface area (Å²) in [6.07, 6.45) is 5.25. The van der Waals surface area contributed by atoms with Gasteiger partial charge < -0.3 is 10.2 Å². The van der Waals surface area contributed by atoms with Crippen LogP contribution in [0.2, 0.25) is 0 Å². The van der Waals surface area contributed by atoms with E-state index in [1.807, 2.05) is 0 Å². The average Bonchev–Trinajstić information content (AvgIpc) is 2.43. The van der Waals surface area contributed by atoms with Crippen LogP contribution in [0.1, 0.15) is 69.5 Å². The van der Waals surface area contributed by atoms with Crippen LogP contribution in [0.3, 0.4) is 0 Å². The van der Waals surface area contributed by atoms with Gasteiger partial charge in [0, 0.05) is 5.54 Å². The molecule has 2 atom stereocenters. The van der Waals surface area contributed by atoms with Gasteiger partial charge in [-0.2, -0.15) is 0 Å². The minimum Gasteiger partial charge on any atom is -0.309 e. The number of rotatable bonds is 7.